The molecule has 3 N–H and O–H groups in total. The lowest BCUT2D eigenvalue weighted by Crippen LogP contribution is -2.74. The zero-order chi connectivity index (χ0) is 21.9. The summed E-state index contributed by atoms with van der Waals surface area (Å²) in [5, 5.41) is 8.69. The van der Waals surface area contributed by atoms with Crippen molar-refractivity contribution in [3.8, 4) is 0 Å². The van der Waals surface area contributed by atoms with E-state index in [-0.39, 0.29) is 0 Å². The minimum absolute atomic E-state index is 0.417. The molecule has 6 amide bonds. The number of fused-ring (bicyclic) bond motifs is 3. The number of barbiturate groups is 1. The summed E-state index contributed by atoms with van der Waals surface area (Å²) < 4.78 is 0. The number of carbonyl (C=O) groups is 5. The second kappa shape index (κ2) is 6.71. The second-order valence-electron chi connectivity index (χ2n) is 8.10. The molecule has 31 heavy (non-hydrogen) atoms. The van der Waals surface area contributed by atoms with E-state index in [9.17, 15) is 24.0 Å². The molecule has 0 saturated carbocycles. The van der Waals surface area contributed by atoms with Crippen molar-refractivity contribution in [3.63, 3.8) is 0 Å². The van der Waals surface area contributed by atoms with Gasteiger partial charge >= 0.3 is 6.03 Å². The maximum absolute atomic E-state index is 13.7. The van der Waals surface area contributed by atoms with Gasteiger partial charge in [-0.1, -0.05) is 49.7 Å². The van der Waals surface area contributed by atoms with Crippen LogP contribution < -0.4 is 20.9 Å². The molecule has 9 nitrogen and oxygen atoms in total. The van der Waals surface area contributed by atoms with E-state index in [0.29, 0.717) is 23.9 Å². The molecule has 0 aliphatic carbocycles. The quantitative estimate of drug-likeness (QED) is 0.499. The maximum Gasteiger partial charge on any atom is 0.328 e. The van der Waals surface area contributed by atoms with Gasteiger partial charge in [-0.25, -0.2) is 9.69 Å². The molecule has 3 saturated heterocycles. The highest BCUT2D eigenvalue weighted by Crippen LogP contribution is 2.47. The van der Waals surface area contributed by atoms with Crippen LogP contribution in [0, 0.1) is 11.8 Å². The molecule has 3 aliphatic rings. The lowest BCUT2D eigenvalue weighted by atomic mass is 9.78. The number of hydrogen-bond donors (Lipinski definition) is 3. The Bertz CT molecular complexity index is 1150. The fourth-order valence-corrected chi connectivity index (χ4v) is 5.18. The van der Waals surface area contributed by atoms with Crippen molar-refractivity contribution < 1.29 is 24.0 Å². The molecule has 3 atom stereocenters. The van der Waals surface area contributed by atoms with Crippen LogP contribution in [0.3, 0.4) is 0 Å². The molecule has 158 valence electrons. The van der Waals surface area contributed by atoms with Gasteiger partial charge in [0.2, 0.25) is 11.8 Å². The molecule has 3 fully saturated rings. The molecule has 3 heterocycles. The van der Waals surface area contributed by atoms with Gasteiger partial charge in [0, 0.05) is 11.4 Å². The molecule has 9 heteroatoms. The lowest BCUT2D eigenvalue weighted by Gasteiger charge is -2.34. The van der Waals surface area contributed by atoms with Gasteiger partial charge in [0.05, 0.1) is 17.5 Å². The van der Waals surface area contributed by atoms with Crippen molar-refractivity contribution >= 4 is 46.1 Å². The van der Waals surface area contributed by atoms with Gasteiger partial charge in [-0.2, -0.15) is 0 Å². The minimum atomic E-state index is -2.01. The fraction of sp³-hybridized carbons (Fsp3) is 0.318. The van der Waals surface area contributed by atoms with Crippen LogP contribution in [-0.4, -0.2) is 41.2 Å². The zero-order valence-corrected chi connectivity index (χ0v) is 16.7. The molecule has 2 aromatic carbocycles. The van der Waals surface area contributed by atoms with Crippen LogP contribution in [0.25, 0.3) is 10.8 Å². The van der Waals surface area contributed by atoms with Crippen LogP contribution in [0.5, 0.6) is 0 Å². The van der Waals surface area contributed by atoms with Crippen LogP contribution in [0.1, 0.15) is 19.8 Å². The number of benzene rings is 2. The highest BCUT2D eigenvalue weighted by molar-refractivity contribution is 6.32. The van der Waals surface area contributed by atoms with Gasteiger partial charge < -0.3 is 0 Å². The summed E-state index contributed by atoms with van der Waals surface area (Å²) in [5.74, 6) is -5.03. The zero-order valence-electron chi connectivity index (χ0n) is 16.7. The lowest BCUT2D eigenvalue weighted by molar-refractivity contribution is -0.145. The summed E-state index contributed by atoms with van der Waals surface area (Å²) in [7, 11) is 0. The van der Waals surface area contributed by atoms with Gasteiger partial charge in [0.15, 0.2) is 5.54 Å². The number of amides is 6. The van der Waals surface area contributed by atoms with E-state index in [1.165, 1.54) is 0 Å². The monoisotopic (exact) mass is 420 g/mol. The third-order valence-corrected chi connectivity index (χ3v) is 6.44. The van der Waals surface area contributed by atoms with E-state index in [1.807, 2.05) is 37.3 Å². The average Bonchev–Trinajstić information content (AvgIpc) is 3.21. The predicted octanol–water partition coefficient (Wildman–Crippen LogP) is 0.822. The number of hydrogen-bond acceptors (Lipinski definition) is 6. The van der Waals surface area contributed by atoms with Crippen LogP contribution in [0.4, 0.5) is 10.5 Å². The van der Waals surface area contributed by atoms with E-state index >= 15 is 0 Å². The number of rotatable bonds is 3. The van der Waals surface area contributed by atoms with E-state index in [0.717, 1.165) is 10.3 Å². The van der Waals surface area contributed by atoms with Crippen LogP contribution in [0.2, 0.25) is 0 Å². The first-order valence-electron chi connectivity index (χ1n) is 10.2. The van der Waals surface area contributed by atoms with Crippen molar-refractivity contribution in [1.29, 1.82) is 0 Å². The Labute approximate surface area is 177 Å². The van der Waals surface area contributed by atoms with Crippen LogP contribution >= 0.6 is 0 Å². The first kappa shape index (κ1) is 19.4. The summed E-state index contributed by atoms with van der Waals surface area (Å²) in [6.45, 7) is 1.91. The van der Waals surface area contributed by atoms with Crippen molar-refractivity contribution in [3.05, 3.63) is 42.5 Å². The minimum Gasteiger partial charge on any atom is -0.291 e. The number of anilines is 1. The largest absolute Gasteiger partial charge is 0.328 e. The van der Waals surface area contributed by atoms with Crippen LogP contribution in [-0.2, 0) is 19.2 Å². The Kier molecular flexibility index (Phi) is 4.19. The number of imide groups is 3. The molecule has 2 aromatic rings. The van der Waals surface area contributed by atoms with Gasteiger partial charge in [0.25, 0.3) is 11.8 Å². The molecule has 1 spiro atoms. The maximum atomic E-state index is 13.7. The van der Waals surface area contributed by atoms with Gasteiger partial charge in [-0.15, -0.1) is 0 Å². The molecular weight excluding hydrogens is 400 g/mol. The van der Waals surface area contributed by atoms with E-state index in [2.05, 4.69) is 16.0 Å². The summed E-state index contributed by atoms with van der Waals surface area (Å²) >= 11 is 0. The van der Waals surface area contributed by atoms with Crippen molar-refractivity contribution in [2.75, 3.05) is 4.90 Å². The molecular formula is C22H20N4O5. The Morgan fingerprint density at radius 2 is 1.58 bits per heavy atom. The van der Waals surface area contributed by atoms with Crippen molar-refractivity contribution in [2.45, 2.75) is 31.3 Å². The summed E-state index contributed by atoms with van der Waals surface area (Å²) in [5.41, 5.74) is -1.59. The van der Waals surface area contributed by atoms with Crippen molar-refractivity contribution in [1.82, 2.24) is 16.0 Å². The highest BCUT2D eigenvalue weighted by atomic mass is 16.2. The highest BCUT2D eigenvalue weighted by Gasteiger charge is 2.72. The smallest absolute Gasteiger partial charge is 0.291 e. The van der Waals surface area contributed by atoms with Gasteiger partial charge in [0.1, 0.15) is 0 Å². The summed E-state index contributed by atoms with van der Waals surface area (Å²) in [6.07, 6.45) is 1.16. The first-order chi connectivity index (χ1) is 14.9. The molecule has 0 aromatic heterocycles. The molecule has 3 aliphatic heterocycles. The Morgan fingerprint density at radius 3 is 2.29 bits per heavy atom. The van der Waals surface area contributed by atoms with Crippen molar-refractivity contribution in [2.24, 2.45) is 11.8 Å². The topological polar surface area (TPSA) is 125 Å². The molecule has 0 bridgehead atoms. The standard InChI is InChI=1S/C22H20N4O5/c1-2-6-13-15-16(22(25-13)19(29)23-21(31)24-20(22)30)18(28)26(17(15)27)14-10-5-8-11-7-3-4-9-12(11)14/h3-5,7-10,13,15-16,25H,2,6H2,1H3,(H2,23,24,29,30,31)/t13-,15+,16-/m0/s1. The predicted molar refractivity (Wildman–Crippen MR) is 110 cm³/mol. The summed E-state index contributed by atoms with van der Waals surface area (Å²) in [4.78, 5) is 65.8. The van der Waals surface area contributed by atoms with Gasteiger partial charge in [-0.3, -0.25) is 35.1 Å². The number of urea groups is 1. The summed E-state index contributed by atoms with van der Waals surface area (Å²) in [6, 6.07) is 11.2. The number of nitrogens with one attached hydrogen (secondary N) is 3. The van der Waals surface area contributed by atoms with E-state index in [1.54, 1.807) is 12.1 Å². The SMILES string of the molecule is CCC[C@@H]1NC2(C(=O)NC(=O)NC2=O)[C@@H]2C(=O)N(c3cccc4ccccc34)C(=O)[C@H]12. The Morgan fingerprint density at radius 1 is 0.903 bits per heavy atom. The molecule has 0 unspecified atom stereocenters. The average molecular weight is 420 g/mol. The van der Waals surface area contributed by atoms with Gasteiger partial charge in [-0.05, 0) is 17.9 Å². The van der Waals surface area contributed by atoms with Crippen LogP contribution in [0.15, 0.2) is 42.5 Å². The Hall–Kier alpha value is -3.59. The first-order valence-corrected chi connectivity index (χ1v) is 10.2. The normalized spacial score (nSPS) is 27.1. The third-order valence-electron chi connectivity index (χ3n) is 6.44. The van der Waals surface area contributed by atoms with E-state index < -0.39 is 53.1 Å². The molecule has 5 rings (SSSR count). The molecule has 0 radical (unpaired) electrons. The third kappa shape index (κ3) is 2.50. The second-order valence-corrected chi connectivity index (χ2v) is 8.10. The fourth-order valence-electron chi connectivity index (χ4n) is 5.18. The number of carbonyl (C=O) groups excluding carboxylic acids is 5. The Balaban J connectivity index is 1.66. The number of nitrogens with zero attached hydrogens (tertiary/aromatic N) is 1. The van der Waals surface area contributed by atoms with E-state index in [4.69, 9.17) is 0 Å².